The first-order valence-electron chi connectivity index (χ1n) is 7.49. The van der Waals surface area contributed by atoms with Crippen LogP contribution >= 0.6 is 27.3 Å². The van der Waals surface area contributed by atoms with Gasteiger partial charge in [-0.3, -0.25) is 0 Å². The lowest BCUT2D eigenvalue weighted by atomic mass is 10.3. The molecule has 2 rings (SSSR count). The van der Waals surface area contributed by atoms with E-state index < -0.39 is 8.07 Å². The van der Waals surface area contributed by atoms with Gasteiger partial charge in [0.1, 0.15) is 8.07 Å². The van der Waals surface area contributed by atoms with E-state index in [1.807, 2.05) is 11.3 Å². The summed E-state index contributed by atoms with van der Waals surface area (Å²) in [7, 11) is -1.50. The highest BCUT2D eigenvalue weighted by atomic mass is 79.9. The van der Waals surface area contributed by atoms with Gasteiger partial charge in [-0.25, -0.2) is 0 Å². The third-order valence-corrected chi connectivity index (χ3v) is 14.3. The van der Waals surface area contributed by atoms with E-state index in [4.69, 9.17) is 0 Å². The fraction of sp³-hybridized carbons (Fsp3) is 0.529. The van der Waals surface area contributed by atoms with Gasteiger partial charge >= 0.3 is 0 Å². The maximum atomic E-state index is 3.60. The molecule has 0 bridgehead atoms. The van der Waals surface area contributed by atoms with Gasteiger partial charge in [0.05, 0.1) is 0 Å². The molecule has 0 amide bonds. The molecule has 0 radical (unpaired) electrons. The standard InChI is InChI=1S/C17H25BrSSi/c1-11(2)20(12(3)4,13(5)6)17-9-14-7-8-15(18)10-16(14)19-17/h7-13H,1-6H3. The number of hydrogen-bond acceptors (Lipinski definition) is 1. The third kappa shape index (κ3) is 2.53. The molecule has 20 heavy (non-hydrogen) atoms. The largest absolute Gasteiger partial charge is 0.145 e. The fourth-order valence-corrected chi connectivity index (χ4v) is 14.7. The fourth-order valence-electron chi connectivity index (χ4n) is 4.07. The molecule has 0 N–H and O–H groups in total. The van der Waals surface area contributed by atoms with Crippen molar-refractivity contribution in [1.29, 1.82) is 0 Å². The highest BCUT2D eigenvalue weighted by Crippen LogP contribution is 2.43. The smallest absolute Gasteiger partial charge is 0.107 e. The van der Waals surface area contributed by atoms with Gasteiger partial charge in [-0.2, -0.15) is 0 Å². The Morgan fingerprint density at radius 1 is 0.900 bits per heavy atom. The van der Waals surface area contributed by atoms with Crippen LogP contribution in [0.25, 0.3) is 10.1 Å². The lowest BCUT2D eigenvalue weighted by Crippen LogP contribution is -2.54. The molecule has 1 aromatic carbocycles. The predicted octanol–water partition coefficient (Wildman–Crippen LogP) is 6.55. The van der Waals surface area contributed by atoms with Crippen molar-refractivity contribution >= 4 is 49.9 Å². The summed E-state index contributed by atoms with van der Waals surface area (Å²) in [6, 6.07) is 9.16. The van der Waals surface area contributed by atoms with Gasteiger partial charge < -0.3 is 0 Å². The first-order chi connectivity index (χ1) is 9.30. The minimum absolute atomic E-state index is 0.777. The molecule has 1 aromatic heterocycles. The van der Waals surface area contributed by atoms with Crippen molar-refractivity contribution < 1.29 is 0 Å². The van der Waals surface area contributed by atoms with E-state index in [-0.39, 0.29) is 0 Å². The van der Waals surface area contributed by atoms with Crippen LogP contribution in [0.5, 0.6) is 0 Å². The van der Waals surface area contributed by atoms with Crippen molar-refractivity contribution in [2.45, 2.75) is 58.2 Å². The lowest BCUT2D eigenvalue weighted by molar-refractivity contribution is 0.837. The Bertz CT molecular complexity index is 576. The zero-order valence-corrected chi connectivity index (χ0v) is 16.7. The van der Waals surface area contributed by atoms with Gasteiger partial charge in [-0.1, -0.05) is 63.5 Å². The summed E-state index contributed by atoms with van der Waals surface area (Å²) < 4.78 is 4.29. The predicted molar refractivity (Wildman–Crippen MR) is 100 cm³/mol. The van der Waals surface area contributed by atoms with Gasteiger partial charge in [0.2, 0.25) is 0 Å². The summed E-state index contributed by atoms with van der Waals surface area (Å²) in [6.45, 7) is 14.6. The molecule has 1 heterocycles. The van der Waals surface area contributed by atoms with Gasteiger partial charge in [0.15, 0.2) is 0 Å². The molecule has 0 spiro atoms. The highest BCUT2D eigenvalue weighted by molar-refractivity contribution is 9.10. The molecule has 0 fully saturated rings. The van der Waals surface area contributed by atoms with Gasteiger partial charge in [0, 0.05) is 9.17 Å². The molecule has 0 atom stereocenters. The van der Waals surface area contributed by atoms with Crippen molar-refractivity contribution in [1.82, 2.24) is 0 Å². The summed E-state index contributed by atoms with van der Waals surface area (Å²) in [5.41, 5.74) is 2.33. The van der Waals surface area contributed by atoms with Crippen LogP contribution in [0.1, 0.15) is 41.5 Å². The normalized spacial score (nSPS) is 13.1. The van der Waals surface area contributed by atoms with E-state index in [1.165, 1.54) is 14.6 Å². The lowest BCUT2D eigenvalue weighted by Gasteiger charge is -2.42. The van der Waals surface area contributed by atoms with E-state index in [0.29, 0.717) is 0 Å². The highest BCUT2D eigenvalue weighted by Gasteiger charge is 2.45. The zero-order valence-electron chi connectivity index (χ0n) is 13.3. The Morgan fingerprint density at radius 2 is 1.45 bits per heavy atom. The van der Waals surface area contributed by atoms with Crippen LogP contribution in [-0.4, -0.2) is 8.07 Å². The molecule has 110 valence electrons. The molecule has 0 saturated carbocycles. The monoisotopic (exact) mass is 368 g/mol. The average molecular weight is 369 g/mol. The number of fused-ring (bicyclic) bond motifs is 1. The quantitative estimate of drug-likeness (QED) is 0.536. The minimum atomic E-state index is -1.50. The molecule has 3 heteroatoms. The third-order valence-electron chi connectivity index (χ3n) is 4.77. The van der Waals surface area contributed by atoms with Crippen LogP contribution in [-0.2, 0) is 0 Å². The van der Waals surface area contributed by atoms with Crippen LogP contribution in [0, 0.1) is 0 Å². The second-order valence-corrected chi connectivity index (χ2v) is 14.9. The van der Waals surface area contributed by atoms with Crippen molar-refractivity contribution in [3.63, 3.8) is 0 Å². The zero-order chi connectivity index (χ0) is 15.1. The molecule has 0 aliphatic rings. The minimum Gasteiger partial charge on any atom is -0.145 e. The summed E-state index contributed by atoms with van der Waals surface area (Å²) in [5, 5.41) is 1.41. The molecular weight excluding hydrogens is 344 g/mol. The molecular formula is C17H25BrSSi. The van der Waals surface area contributed by atoms with Gasteiger partial charge in [-0.05, 0) is 44.7 Å². The van der Waals surface area contributed by atoms with E-state index in [1.54, 1.807) is 4.50 Å². The summed E-state index contributed by atoms with van der Waals surface area (Å²) >= 11 is 5.63. The number of halogens is 1. The molecule has 0 nitrogen and oxygen atoms in total. The van der Waals surface area contributed by atoms with E-state index in [0.717, 1.165) is 16.6 Å². The Balaban J connectivity index is 2.68. The molecule has 0 saturated heterocycles. The molecule has 0 unspecified atom stereocenters. The Kier molecular flexibility index (Phi) is 4.82. The van der Waals surface area contributed by atoms with Crippen LogP contribution in [0.3, 0.4) is 0 Å². The first kappa shape index (κ1) is 16.3. The topological polar surface area (TPSA) is 0 Å². The van der Waals surface area contributed by atoms with Gasteiger partial charge in [0.25, 0.3) is 0 Å². The van der Waals surface area contributed by atoms with Crippen molar-refractivity contribution in [2.24, 2.45) is 0 Å². The maximum Gasteiger partial charge on any atom is 0.107 e. The van der Waals surface area contributed by atoms with Crippen molar-refractivity contribution in [3.8, 4) is 0 Å². The summed E-state index contributed by atoms with van der Waals surface area (Å²) in [5.74, 6) is 0. The second kappa shape index (κ2) is 5.94. The SMILES string of the molecule is CC(C)[Si](c1cc2ccc(Br)cc2s1)(C(C)C)C(C)C. The molecule has 2 aromatic rings. The number of rotatable bonds is 4. The van der Waals surface area contributed by atoms with Crippen LogP contribution in [0.2, 0.25) is 16.6 Å². The number of thiophene rings is 1. The summed E-state index contributed by atoms with van der Waals surface area (Å²) in [4.78, 5) is 0. The number of hydrogen-bond donors (Lipinski definition) is 0. The van der Waals surface area contributed by atoms with E-state index in [9.17, 15) is 0 Å². The second-order valence-electron chi connectivity index (χ2n) is 6.69. The average Bonchev–Trinajstić information content (AvgIpc) is 2.70. The van der Waals surface area contributed by atoms with E-state index >= 15 is 0 Å². The van der Waals surface area contributed by atoms with Crippen LogP contribution < -0.4 is 4.50 Å². The van der Waals surface area contributed by atoms with Crippen molar-refractivity contribution in [3.05, 3.63) is 28.7 Å². The maximum absolute atomic E-state index is 3.60. The molecule has 0 aliphatic carbocycles. The Hall–Kier alpha value is -0.123. The summed E-state index contributed by atoms with van der Waals surface area (Å²) in [6.07, 6.45) is 0. The van der Waals surface area contributed by atoms with Crippen LogP contribution in [0.4, 0.5) is 0 Å². The molecule has 0 aliphatic heterocycles. The van der Waals surface area contributed by atoms with Crippen molar-refractivity contribution in [2.75, 3.05) is 0 Å². The van der Waals surface area contributed by atoms with E-state index in [2.05, 4.69) is 81.7 Å². The Morgan fingerprint density at radius 3 is 1.95 bits per heavy atom. The van der Waals surface area contributed by atoms with Gasteiger partial charge in [-0.15, -0.1) is 11.3 Å². The Labute approximate surface area is 136 Å². The first-order valence-corrected chi connectivity index (χ1v) is 11.3. The van der Waals surface area contributed by atoms with Crippen LogP contribution in [0.15, 0.2) is 28.7 Å². The number of benzene rings is 1.